The summed E-state index contributed by atoms with van der Waals surface area (Å²) in [5.74, 6) is 5.65. The van der Waals surface area contributed by atoms with Gasteiger partial charge in [-0.1, -0.05) is 54.1 Å². The number of hydrazine groups is 1. The molecule has 2 rings (SSSR count). The van der Waals surface area contributed by atoms with Crippen LogP contribution < -0.4 is 11.3 Å². The number of aryl methyl sites for hydroxylation is 1. The minimum atomic E-state index is 0.305. The lowest BCUT2D eigenvalue weighted by Crippen LogP contribution is -2.36. The van der Waals surface area contributed by atoms with Gasteiger partial charge in [0.1, 0.15) is 0 Å². The molecule has 0 aliphatic heterocycles. The molecule has 2 aromatic carbocycles. The van der Waals surface area contributed by atoms with Gasteiger partial charge in [0.05, 0.1) is 0 Å². The highest BCUT2D eigenvalue weighted by Gasteiger charge is 2.07. The van der Waals surface area contributed by atoms with Gasteiger partial charge in [-0.05, 0) is 48.9 Å². The first-order valence-corrected chi connectivity index (χ1v) is 7.40. The molecule has 0 radical (unpaired) electrons. The first kappa shape index (κ1) is 15.0. The maximum absolute atomic E-state index is 5.89. The highest BCUT2D eigenvalue weighted by Crippen LogP contribution is 2.13. The summed E-state index contributed by atoms with van der Waals surface area (Å²) in [5, 5.41) is 0.773. The van der Waals surface area contributed by atoms with E-state index < -0.39 is 0 Å². The Bertz CT molecular complexity index is 496. The third-order valence-corrected chi connectivity index (χ3v) is 3.74. The molecule has 3 heteroatoms. The van der Waals surface area contributed by atoms with E-state index in [1.54, 1.807) is 0 Å². The largest absolute Gasteiger partial charge is 0.271 e. The average Bonchev–Trinajstić information content (AvgIpc) is 2.49. The van der Waals surface area contributed by atoms with Crippen molar-refractivity contribution >= 4 is 11.6 Å². The standard InChI is InChI=1S/C17H21ClN2/c18-16-11-9-15(10-12-16)13-17(20-19)8-4-7-14-5-2-1-3-6-14/h1-3,5-6,9-12,17,20H,4,7-8,13,19H2. The van der Waals surface area contributed by atoms with Crippen LogP contribution in [-0.4, -0.2) is 6.04 Å². The molecule has 0 amide bonds. The molecule has 0 aromatic heterocycles. The van der Waals surface area contributed by atoms with Crippen molar-refractivity contribution in [2.75, 3.05) is 0 Å². The van der Waals surface area contributed by atoms with Gasteiger partial charge in [0.25, 0.3) is 0 Å². The Hall–Kier alpha value is -1.35. The number of hydrogen-bond donors (Lipinski definition) is 2. The van der Waals surface area contributed by atoms with E-state index in [2.05, 4.69) is 41.8 Å². The van der Waals surface area contributed by atoms with Crippen molar-refractivity contribution in [3.05, 3.63) is 70.7 Å². The molecule has 2 nitrogen and oxygen atoms in total. The van der Waals surface area contributed by atoms with E-state index >= 15 is 0 Å². The zero-order valence-corrected chi connectivity index (χ0v) is 12.3. The second-order valence-corrected chi connectivity index (χ2v) is 5.51. The van der Waals surface area contributed by atoms with E-state index in [0.717, 1.165) is 30.7 Å². The SMILES string of the molecule is NNC(CCCc1ccccc1)Cc1ccc(Cl)cc1. The summed E-state index contributed by atoms with van der Waals surface area (Å²) in [6.45, 7) is 0. The lowest BCUT2D eigenvalue weighted by Gasteiger charge is -2.16. The number of rotatable bonds is 7. The van der Waals surface area contributed by atoms with Crippen LogP contribution in [0.3, 0.4) is 0 Å². The number of nitrogens with two attached hydrogens (primary N) is 1. The van der Waals surface area contributed by atoms with Gasteiger partial charge in [-0.25, -0.2) is 0 Å². The summed E-state index contributed by atoms with van der Waals surface area (Å²) in [4.78, 5) is 0. The van der Waals surface area contributed by atoms with Gasteiger partial charge in [0.15, 0.2) is 0 Å². The molecular weight excluding hydrogens is 268 g/mol. The summed E-state index contributed by atoms with van der Waals surface area (Å²) < 4.78 is 0. The van der Waals surface area contributed by atoms with Crippen molar-refractivity contribution in [2.45, 2.75) is 31.7 Å². The van der Waals surface area contributed by atoms with Crippen molar-refractivity contribution in [1.29, 1.82) is 0 Å². The van der Waals surface area contributed by atoms with Crippen molar-refractivity contribution < 1.29 is 0 Å². The zero-order chi connectivity index (χ0) is 14.2. The van der Waals surface area contributed by atoms with Crippen LogP contribution in [0, 0.1) is 0 Å². The second kappa shape index (κ2) is 8.05. The lowest BCUT2D eigenvalue weighted by molar-refractivity contribution is 0.476. The van der Waals surface area contributed by atoms with Crippen molar-refractivity contribution in [1.82, 2.24) is 5.43 Å². The molecular formula is C17H21ClN2. The van der Waals surface area contributed by atoms with Gasteiger partial charge < -0.3 is 0 Å². The zero-order valence-electron chi connectivity index (χ0n) is 11.6. The first-order chi connectivity index (χ1) is 9.78. The minimum Gasteiger partial charge on any atom is -0.271 e. The van der Waals surface area contributed by atoms with E-state index in [-0.39, 0.29) is 0 Å². The molecule has 106 valence electrons. The highest BCUT2D eigenvalue weighted by molar-refractivity contribution is 6.30. The fourth-order valence-electron chi connectivity index (χ4n) is 2.35. The average molecular weight is 289 g/mol. The van der Waals surface area contributed by atoms with Crippen LogP contribution in [0.25, 0.3) is 0 Å². The predicted molar refractivity (Wildman–Crippen MR) is 85.6 cm³/mol. The summed E-state index contributed by atoms with van der Waals surface area (Å²) in [7, 11) is 0. The topological polar surface area (TPSA) is 38.0 Å². The van der Waals surface area contributed by atoms with E-state index in [0.29, 0.717) is 6.04 Å². The smallest absolute Gasteiger partial charge is 0.0406 e. The maximum Gasteiger partial charge on any atom is 0.0406 e. The predicted octanol–water partition coefficient (Wildman–Crippen LogP) is 3.74. The number of benzene rings is 2. The van der Waals surface area contributed by atoms with E-state index in [4.69, 9.17) is 17.4 Å². The molecule has 0 bridgehead atoms. The van der Waals surface area contributed by atoms with Crippen molar-refractivity contribution in [3.8, 4) is 0 Å². The van der Waals surface area contributed by atoms with E-state index in [9.17, 15) is 0 Å². The van der Waals surface area contributed by atoms with Crippen LogP contribution in [0.2, 0.25) is 5.02 Å². The highest BCUT2D eigenvalue weighted by atomic mass is 35.5. The Morgan fingerprint density at radius 1 is 0.950 bits per heavy atom. The van der Waals surface area contributed by atoms with E-state index in [1.807, 2.05) is 18.2 Å². The Morgan fingerprint density at radius 3 is 2.30 bits per heavy atom. The van der Waals surface area contributed by atoms with Crippen LogP contribution in [0.4, 0.5) is 0 Å². The van der Waals surface area contributed by atoms with Crippen LogP contribution >= 0.6 is 11.6 Å². The summed E-state index contributed by atoms with van der Waals surface area (Å²) >= 11 is 5.89. The minimum absolute atomic E-state index is 0.305. The van der Waals surface area contributed by atoms with Gasteiger partial charge in [-0.15, -0.1) is 0 Å². The fraction of sp³-hybridized carbons (Fsp3) is 0.294. The summed E-state index contributed by atoms with van der Waals surface area (Å²) in [5.41, 5.74) is 5.56. The van der Waals surface area contributed by atoms with Gasteiger partial charge in [-0.3, -0.25) is 11.3 Å². The van der Waals surface area contributed by atoms with Crippen molar-refractivity contribution in [2.24, 2.45) is 5.84 Å². The Kier molecular flexibility index (Phi) is 6.06. The first-order valence-electron chi connectivity index (χ1n) is 7.02. The Morgan fingerprint density at radius 2 is 1.65 bits per heavy atom. The van der Waals surface area contributed by atoms with Gasteiger partial charge in [0, 0.05) is 11.1 Å². The van der Waals surface area contributed by atoms with Crippen LogP contribution in [0.1, 0.15) is 24.0 Å². The molecule has 0 heterocycles. The molecule has 1 atom stereocenters. The number of halogens is 1. The molecule has 0 spiro atoms. The van der Waals surface area contributed by atoms with Gasteiger partial charge in [-0.2, -0.15) is 0 Å². The third-order valence-electron chi connectivity index (χ3n) is 3.49. The monoisotopic (exact) mass is 288 g/mol. The van der Waals surface area contributed by atoms with Crippen LogP contribution in [0.15, 0.2) is 54.6 Å². The molecule has 0 aliphatic rings. The number of hydrogen-bond acceptors (Lipinski definition) is 2. The van der Waals surface area contributed by atoms with Crippen molar-refractivity contribution in [3.63, 3.8) is 0 Å². The molecule has 1 unspecified atom stereocenters. The number of nitrogens with one attached hydrogen (secondary N) is 1. The summed E-state index contributed by atoms with van der Waals surface area (Å²) in [6.07, 6.45) is 4.22. The molecule has 0 saturated heterocycles. The van der Waals surface area contributed by atoms with Crippen LogP contribution in [0.5, 0.6) is 0 Å². The third kappa shape index (κ3) is 4.97. The van der Waals surface area contributed by atoms with E-state index in [1.165, 1.54) is 11.1 Å². The Balaban J connectivity index is 1.79. The molecule has 20 heavy (non-hydrogen) atoms. The quantitative estimate of drug-likeness (QED) is 0.602. The molecule has 0 aliphatic carbocycles. The molecule has 3 N–H and O–H groups in total. The van der Waals surface area contributed by atoms with Gasteiger partial charge >= 0.3 is 0 Å². The molecule has 0 fully saturated rings. The fourth-order valence-corrected chi connectivity index (χ4v) is 2.47. The maximum atomic E-state index is 5.89. The van der Waals surface area contributed by atoms with Crippen LogP contribution in [-0.2, 0) is 12.8 Å². The summed E-state index contributed by atoms with van der Waals surface area (Å²) in [6, 6.07) is 18.8. The second-order valence-electron chi connectivity index (χ2n) is 5.07. The van der Waals surface area contributed by atoms with Gasteiger partial charge in [0.2, 0.25) is 0 Å². The molecule has 0 saturated carbocycles. The Labute approximate surface area is 125 Å². The normalized spacial score (nSPS) is 12.3. The molecule has 2 aromatic rings. The lowest BCUT2D eigenvalue weighted by atomic mass is 9.99.